The lowest BCUT2D eigenvalue weighted by Gasteiger charge is -2.04. The number of rotatable bonds is 1. The van der Waals surface area contributed by atoms with Crippen LogP contribution in [-0.4, -0.2) is 15.0 Å². The van der Waals surface area contributed by atoms with E-state index in [-0.39, 0.29) is 4.90 Å². The molecule has 3 nitrogen and oxygen atoms in total. The van der Waals surface area contributed by atoms with Crippen LogP contribution in [0.2, 0.25) is 5.02 Å². The van der Waals surface area contributed by atoms with Gasteiger partial charge in [0.05, 0.1) is 16.5 Å². The fourth-order valence-corrected chi connectivity index (χ4v) is 2.84. The molecule has 0 aliphatic carbocycles. The molecule has 14 heavy (non-hydrogen) atoms. The summed E-state index contributed by atoms with van der Waals surface area (Å²) < 4.78 is 27.6. The molecule has 76 valence electrons. The summed E-state index contributed by atoms with van der Waals surface area (Å²) in [4.78, 5) is 0.0936. The van der Waals surface area contributed by atoms with Gasteiger partial charge in [-0.05, 0) is 12.1 Å². The minimum absolute atomic E-state index is 0.0936. The third kappa shape index (κ3) is 1.58. The average Bonchev–Trinajstić information content (AvgIpc) is 2.50. The van der Waals surface area contributed by atoms with Crippen LogP contribution in [0, 0.1) is 0 Å². The van der Waals surface area contributed by atoms with Gasteiger partial charge in [0.15, 0.2) is 0 Å². The maximum absolute atomic E-state index is 11.2. The topological polar surface area (TPSA) is 43.4 Å². The first-order chi connectivity index (χ1) is 6.50. The third-order valence-electron chi connectivity index (χ3n) is 2.03. The number of fused-ring (bicyclic) bond motifs is 1. The van der Waals surface area contributed by atoms with Crippen LogP contribution in [-0.2, 0) is 15.5 Å². The van der Waals surface area contributed by atoms with Crippen molar-refractivity contribution in [2.75, 3.05) is 6.61 Å². The van der Waals surface area contributed by atoms with Crippen LogP contribution in [0.3, 0.4) is 0 Å². The fourth-order valence-electron chi connectivity index (χ4n) is 1.46. The molecule has 2 rings (SSSR count). The first kappa shape index (κ1) is 10.1. The van der Waals surface area contributed by atoms with Gasteiger partial charge in [0, 0.05) is 22.7 Å². The van der Waals surface area contributed by atoms with E-state index in [2.05, 4.69) is 0 Å². The molecule has 0 unspecified atom stereocenters. The number of hydrogen-bond donors (Lipinski definition) is 0. The summed E-state index contributed by atoms with van der Waals surface area (Å²) in [6.07, 6.45) is 0.525. The zero-order valence-corrected chi connectivity index (χ0v) is 9.29. The van der Waals surface area contributed by atoms with Crippen LogP contribution in [0.15, 0.2) is 17.0 Å². The number of halogens is 2. The van der Waals surface area contributed by atoms with Crippen molar-refractivity contribution in [3.63, 3.8) is 0 Å². The summed E-state index contributed by atoms with van der Waals surface area (Å²) in [5, 5.41) is 0.418. The van der Waals surface area contributed by atoms with Gasteiger partial charge in [0.1, 0.15) is 5.75 Å². The maximum atomic E-state index is 11.2. The van der Waals surface area contributed by atoms with E-state index in [9.17, 15) is 8.42 Å². The van der Waals surface area contributed by atoms with E-state index in [1.165, 1.54) is 12.1 Å². The maximum Gasteiger partial charge on any atom is 0.261 e. The lowest BCUT2D eigenvalue weighted by molar-refractivity contribution is 0.357. The molecule has 0 radical (unpaired) electrons. The molecule has 0 saturated heterocycles. The Morgan fingerprint density at radius 3 is 2.71 bits per heavy atom. The molecule has 0 fully saturated rings. The molecule has 1 aliphatic rings. The lowest BCUT2D eigenvalue weighted by Crippen LogP contribution is -1.95. The minimum Gasteiger partial charge on any atom is -0.491 e. The second-order valence-electron chi connectivity index (χ2n) is 2.89. The Morgan fingerprint density at radius 1 is 1.36 bits per heavy atom. The van der Waals surface area contributed by atoms with Crippen molar-refractivity contribution in [3.8, 4) is 5.75 Å². The summed E-state index contributed by atoms with van der Waals surface area (Å²) in [7, 11) is 1.56. The Balaban J connectivity index is 2.72. The van der Waals surface area contributed by atoms with Crippen molar-refractivity contribution < 1.29 is 13.2 Å². The van der Waals surface area contributed by atoms with Gasteiger partial charge in [0.2, 0.25) is 0 Å². The number of ether oxygens (including phenoxy) is 1. The average molecular weight is 253 g/mol. The molecule has 0 aromatic heterocycles. The summed E-state index contributed by atoms with van der Waals surface area (Å²) in [6, 6.07) is 2.87. The predicted octanol–water partition coefficient (Wildman–Crippen LogP) is 2.20. The molecule has 1 heterocycles. The first-order valence-electron chi connectivity index (χ1n) is 3.89. The standard InChI is InChI=1S/C8H6Cl2O3S/c9-6-1-2-7(14(10,11)12)5-3-4-13-8(5)6/h1-2H,3-4H2. The van der Waals surface area contributed by atoms with E-state index in [1.807, 2.05) is 0 Å². The molecule has 0 atom stereocenters. The van der Waals surface area contributed by atoms with Crippen LogP contribution in [0.4, 0.5) is 0 Å². The van der Waals surface area contributed by atoms with Crippen LogP contribution >= 0.6 is 22.3 Å². The molecule has 0 N–H and O–H groups in total. The number of hydrogen-bond acceptors (Lipinski definition) is 3. The van der Waals surface area contributed by atoms with Crippen molar-refractivity contribution >= 4 is 31.3 Å². The second-order valence-corrected chi connectivity index (χ2v) is 5.83. The van der Waals surface area contributed by atoms with Crippen LogP contribution in [0.5, 0.6) is 5.75 Å². The molecule has 6 heteroatoms. The van der Waals surface area contributed by atoms with Crippen LogP contribution < -0.4 is 4.74 Å². The Labute approximate surface area is 91.0 Å². The van der Waals surface area contributed by atoms with E-state index in [0.29, 0.717) is 29.4 Å². The van der Waals surface area contributed by atoms with Crippen molar-refractivity contribution in [1.29, 1.82) is 0 Å². The minimum atomic E-state index is -3.71. The lowest BCUT2D eigenvalue weighted by atomic mass is 10.2. The van der Waals surface area contributed by atoms with Gasteiger partial charge in [-0.15, -0.1) is 0 Å². The molecule has 1 aromatic rings. The highest BCUT2D eigenvalue weighted by Gasteiger charge is 2.25. The first-order valence-corrected chi connectivity index (χ1v) is 6.58. The van der Waals surface area contributed by atoms with Gasteiger partial charge in [0.25, 0.3) is 9.05 Å². The molecule has 1 aliphatic heterocycles. The highest BCUT2D eigenvalue weighted by atomic mass is 35.7. The smallest absolute Gasteiger partial charge is 0.261 e. The molecule has 1 aromatic carbocycles. The Bertz CT molecular complexity index is 482. The SMILES string of the molecule is O=S(=O)(Cl)c1ccc(Cl)c2c1CCO2. The van der Waals surface area contributed by atoms with Crippen molar-refractivity contribution in [3.05, 3.63) is 22.7 Å². The summed E-state index contributed by atoms with van der Waals surface area (Å²) in [5.74, 6) is 0.438. The zero-order chi connectivity index (χ0) is 10.3. The third-order valence-corrected chi connectivity index (χ3v) is 3.73. The monoisotopic (exact) mass is 252 g/mol. The largest absolute Gasteiger partial charge is 0.491 e. The van der Waals surface area contributed by atoms with Gasteiger partial charge in [-0.25, -0.2) is 8.42 Å². The van der Waals surface area contributed by atoms with Crippen LogP contribution in [0.1, 0.15) is 5.56 Å². The van der Waals surface area contributed by atoms with Gasteiger partial charge in [-0.1, -0.05) is 11.6 Å². The van der Waals surface area contributed by atoms with Crippen molar-refractivity contribution in [1.82, 2.24) is 0 Å². The van der Waals surface area contributed by atoms with Crippen LogP contribution in [0.25, 0.3) is 0 Å². The Hall–Kier alpha value is -0.450. The molecule has 0 amide bonds. The molecule has 0 bridgehead atoms. The van der Waals surface area contributed by atoms with Gasteiger partial charge in [-0.2, -0.15) is 0 Å². The quantitative estimate of drug-likeness (QED) is 0.720. The molecule has 0 saturated carbocycles. The normalized spacial score (nSPS) is 15.0. The van der Waals surface area contributed by atoms with Crippen molar-refractivity contribution in [2.45, 2.75) is 11.3 Å². The van der Waals surface area contributed by atoms with Crippen molar-refractivity contribution in [2.24, 2.45) is 0 Å². The summed E-state index contributed by atoms with van der Waals surface area (Å²) in [5.41, 5.74) is 0.576. The van der Waals surface area contributed by atoms with Gasteiger partial charge >= 0.3 is 0 Å². The second kappa shape index (κ2) is 3.29. The Kier molecular flexibility index (Phi) is 2.37. The Morgan fingerprint density at radius 2 is 2.07 bits per heavy atom. The zero-order valence-electron chi connectivity index (χ0n) is 6.96. The molecular weight excluding hydrogens is 247 g/mol. The number of benzene rings is 1. The van der Waals surface area contributed by atoms with Gasteiger partial charge in [-0.3, -0.25) is 0 Å². The highest BCUT2D eigenvalue weighted by Crippen LogP contribution is 2.38. The highest BCUT2D eigenvalue weighted by molar-refractivity contribution is 8.13. The van der Waals surface area contributed by atoms with E-state index in [0.717, 1.165) is 0 Å². The predicted molar refractivity (Wildman–Crippen MR) is 53.7 cm³/mol. The van der Waals surface area contributed by atoms with E-state index in [1.54, 1.807) is 0 Å². The van der Waals surface area contributed by atoms with E-state index < -0.39 is 9.05 Å². The van der Waals surface area contributed by atoms with E-state index in [4.69, 9.17) is 27.0 Å². The van der Waals surface area contributed by atoms with Gasteiger partial charge < -0.3 is 4.74 Å². The fraction of sp³-hybridized carbons (Fsp3) is 0.250. The molecular formula is C8H6Cl2O3S. The summed E-state index contributed by atoms with van der Waals surface area (Å²) in [6.45, 7) is 0.443. The van der Waals surface area contributed by atoms with E-state index >= 15 is 0 Å². The molecule has 0 spiro atoms. The summed E-state index contributed by atoms with van der Waals surface area (Å²) >= 11 is 5.83.